The second-order valence-corrected chi connectivity index (χ2v) is 6.84. The SMILES string of the molecule is O=C(NCCNc1nc2cc(C(F)(F)F)ccc2s1)c1cccs1. The van der Waals surface area contributed by atoms with Crippen LogP contribution in [0.5, 0.6) is 0 Å². The van der Waals surface area contributed by atoms with Gasteiger partial charge in [0.2, 0.25) is 0 Å². The fourth-order valence-corrected chi connectivity index (χ4v) is 3.53. The number of thiazole rings is 1. The van der Waals surface area contributed by atoms with E-state index in [2.05, 4.69) is 15.6 Å². The van der Waals surface area contributed by atoms with Crippen LogP contribution in [0.25, 0.3) is 10.2 Å². The fourth-order valence-electron chi connectivity index (χ4n) is 2.02. The van der Waals surface area contributed by atoms with Crippen LogP contribution in [0.4, 0.5) is 18.3 Å². The van der Waals surface area contributed by atoms with Crippen molar-refractivity contribution in [2.45, 2.75) is 6.18 Å². The van der Waals surface area contributed by atoms with Gasteiger partial charge in [0.15, 0.2) is 5.13 Å². The van der Waals surface area contributed by atoms with Crippen LogP contribution in [-0.4, -0.2) is 24.0 Å². The number of carbonyl (C=O) groups is 1. The molecule has 0 saturated heterocycles. The normalized spacial score (nSPS) is 11.6. The molecule has 0 spiro atoms. The van der Waals surface area contributed by atoms with Gasteiger partial charge in [0.25, 0.3) is 5.91 Å². The van der Waals surface area contributed by atoms with Crippen LogP contribution in [0.1, 0.15) is 15.2 Å². The summed E-state index contributed by atoms with van der Waals surface area (Å²) in [5.41, 5.74) is -0.407. The van der Waals surface area contributed by atoms with Crippen LogP contribution in [0.2, 0.25) is 0 Å². The Kier molecular flexibility index (Phi) is 4.72. The summed E-state index contributed by atoms with van der Waals surface area (Å²) >= 11 is 2.63. The molecule has 1 amide bonds. The molecule has 0 bridgehead atoms. The van der Waals surface area contributed by atoms with Crippen molar-refractivity contribution >= 4 is 43.9 Å². The van der Waals surface area contributed by atoms with Crippen molar-refractivity contribution < 1.29 is 18.0 Å². The molecule has 0 atom stereocenters. The number of hydrogen-bond donors (Lipinski definition) is 2. The average molecular weight is 371 g/mol. The molecule has 24 heavy (non-hydrogen) atoms. The first-order valence-corrected chi connectivity index (χ1v) is 8.66. The standard InChI is InChI=1S/C15H12F3N3OS2/c16-15(17,18)9-3-4-11-10(8-9)21-14(24-11)20-6-5-19-13(22)12-2-1-7-23-12/h1-4,7-8H,5-6H2,(H,19,22)(H,20,21). The zero-order valence-corrected chi connectivity index (χ0v) is 13.8. The summed E-state index contributed by atoms with van der Waals surface area (Å²) in [5.74, 6) is -0.147. The van der Waals surface area contributed by atoms with Crippen molar-refractivity contribution in [3.63, 3.8) is 0 Å². The Balaban J connectivity index is 1.57. The molecule has 9 heteroatoms. The molecule has 0 aliphatic rings. The van der Waals surface area contributed by atoms with E-state index in [1.165, 1.54) is 28.7 Å². The maximum atomic E-state index is 12.7. The summed E-state index contributed by atoms with van der Waals surface area (Å²) in [6.45, 7) is 0.823. The Hall–Kier alpha value is -2.13. The Morgan fingerprint density at radius 1 is 1.21 bits per heavy atom. The second kappa shape index (κ2) is 6.78. The average Bonchev–Trinajstić information content (AvgIpc) is 3.18. The zero-order chi connectivity index (χ0) is 17.2. The number of anilines is 1. The highest BCUT2D eigenvalue weighted by Crippen LogP contribution is 2.33. The predicted octanol–water partition coefficient (Wildman–Crippen LogP) is 4.22. The number of carbonyl (C=O) groups excluding carboxylic acids is 1. The second-order valence-electron chi connectivity index (χ2n) is 4.86. The van der Waals surface area contributed by atoms with Gasteiger partial charge in [-0.25, -0.2) is 4.98 Å². The lowest BCUT2D eigenvalue weighted by Gasteiger charge is -2.05. The molecule has 0 unspecified atom stereocenters. The molecule has 3 rings (SSSR count). The highest BCUT2D eigenvalue weighted by Gasteiger charge is 2.30. The first-order chi connectivity index (χ1) is 11.4. The number of nitrogens with zero attached hydrogens (tertiary/aromatic N) is 1. The summed E-state index contributed by atoms with van der Waals surface area (Å²) in [4.78, 5) is 16.5. The number of hydrogen-bond acceptors (Lipinski definition) is 5. The topological polar surface area (TPSA) is 54.0 Å². The Labute approximate surface area is 143 Å². The van der Waals surface area contributed by atoms with Crippen LogP contribution in [0.3, 0.4) is 0 Å². The van der Waals surface area contributed by atoms with E-state index in [1.54, 1.807) is 12.1 Å². The van der Waals surface area contributed by atoms with Gasteiger partial charge in [-0.1, -0.05) is 17.4 Å². The molecule has 2 aromatic heterocycles. The number of amides is 1. The van der Waals surface area contributed by atoms with Gasteiger partial charge in [-0.15, -0.1) is 11.3 Å². The van der Waals surface area contributed by atoms with E-state index in [-0.39, 0.29) is 5.91 Å². The fraction of sp³-hybridized carbons (Fsp3) is 0.200. The number of thiophene rings is 1. The van der Waals surface area contributed by atoms with Crippen LogP contribution >= 0.6 is 22.7 Å². The molecule has 0 radical (unpaired) electrons. The minimum Gasteiger partial charge on any atom is -0.360 e. The number of rotatable bonds is 5. The van der Waals surface area contributed by atoms with Crippen molar-refractivity contribution in [1.29, 1.82) is 0 Å². The van der Waals surface area contributed by atoms with E-state index >= 15 is 0 Å². The molecule has 2 N–H and O–H groups in total. The van der Waals surface area contributed by atoms with E-state index in [9.17, 15) is 18.0 Å². The third kappa shape index (κ3) is 3.85. The molecule has 1 aromatic carbocycles. The number of nitrogens with one attached hydrogen (secondary N) is 2. The van der Waals surface area contributed by atoms with Gasteiger partial charge >= 0.3 is 6.18 Å². The highest BCUT2D eigenvalue weighted by molar-refractivity contribution is 7.22. The van der Waals surface area contributed by atoms with Crippen LogP contribution in [0, 0.1) is 0 Å². The lowest BCUT2D eigenvalue weighted by atomic mass is 10.2. The Bertz CT molecular complexity index is 843. The van der Waals surface area contributed by atoms with Crippen molar-refractivity contribution in [1.82, 2.24) is 10.3 Å². The highest BCUT2D eigenvalue weighted by atomic mass is 32.1. The summed E-state index contributed by atoms with van der Waals surface area (Å²) < 4.78 is 38.7. The van der Waals surface area contributed by atoms with Gasteiger partial charge in [-0.05, 0) is 29.6 Å². The smallest absolute Gasteiger partial charge is 0.360 e. The number of aromatic nitrogens is 1. The molecular weight excluding hydrogens is 359 g/mol. The minimum atomic E-state index is -4.38. The summed E-state index contributed by atoms with van der Waals surface area (Å²) in [6.07, 6.45) is -4.38. The van der Waals surface area contributed by atoms with E-state index < -0.39 is 11.7 Å². The first-order valence-electron chi connectivity index (χ1n) is 6.97. The van der Waals surface area contributed by atoms with Gasteiger partial charge in [0.05, 0.1) is 20.7 Å². The summed E-state index contributed by atoms with van der Waals surface area (Å²) in [6, 6.07) is 7.04. The molecule has 126 valence electrons. The molecule has 0 aliphatic carbocycles. The lowest BCUT2D eigenvalue weighted by molar-refractivity contribution is -0.137. The molecular formula is C15H12F3N3OS2. The predicted molar refractivity (Wildman–Crippen MR) is 89.8 cm³/mol. The quantitative estimate of drug-likeness (QED) is 0.661. The van der Waals surface area contributed by atoms with Crippen molar-refractivity contribution in [3.05, 3.63) is 46.2 Å². The minimum absolute atomic E-state index is 0.147. The summed E-state index contributed by atoms with van der Waals surface area (Å²) in [7, 11) is 0. The number of benzene rings is 1. The van der Waals surface area contributed by atoms with Gasteiger partial charge in [0, 0.05) is 13.1 Å². The van der Waals surface area contributed by atoms with Crippen molar-refractivity contribution in [3.8, 4) is 0 Å². The van der Waals surface area contributed by atoms with E-state index in [0.717, 1.165) is 12.1 Å². The van der Waals surface area contributed by atoms with Crippen LogP contribution < -0.4 is 10.6 Å². The number of fused-ring (bicyclic) bond motifs is 1. The van der Waals surface area contributed by atoms with Gasteiger partial charge in [-0.2, -0.15) is 13.2 Å². The maximum absolute atomic E-state index is 12.7. The number of alkyl halides is 3. The Morgan fingerprint density at radius 3 is 2.75 bits per heavy atom. The van der Waals surface area contributed by atoms with E-state index in [4.69, 9.17) is 0 Å². The van der Waals surface area contributed by atoms with E-state index in [0.29, 0.717) is 33.3 Å². The zero-order valence-electron chi connectivity index (χ0n) is 12.2. The molecule has 0 fully saturated rings. The summed E-state index contributed by atoms with van der Waals surface area (Å²) in [5, 5.41) is 8.11. The van der Waals surface area contributed by atoms with Gasteiger partial charge in [-0.3, -0.25) is 4.79 Å². The Morgan fingerprint density at radius 2 is 2.04 bits per heavy atom. The lowest BCUT2D eigenvalue weighted by Crippen LogP contribution is -2.28. The van der Waals surface area contributed by atoms with Crippen molar-refractivity contribution in [2.75, 3.05) is 18.4 Å². The third-order valence-corrected chi connectivity index (χ3v) is 5.01. The monoisotopic (exact) mass is 371 g/mol. The molecule has 0 saturated carbocycles. The van der Waals surface area contributed by atoms with Crippen LogP contribution in [-0.2, 0) is 6.18 Å². The third-order valence-electron chi connectivity index (χ3n) is 3.15. The van der Waals surface area contributed by atoms with Crippen LogP contribution in [0.15, 0.2) is 35.7 Å². The van der Waals surface area contributed by atoms with Gasteiger partial charge in [0.1, 0.15) is 0 Å². The first kappa shape index (κ1) is 16.7. The van der Waals surface area contributed by atoms with Crippen molar-refractivity contribution in [2.24, 2.45) is 0 Å². The van der Waals surface area contributed by atoms with E-state index in [1.807, 2.05) is 5.38 Å². The number of halogens is 3. The molecule has 0 aliphatic heterocycles. The van der Waals surface area contributed by atoms with Gasteiger partial charge < -0.3 is 10.6 Å². The molecule has 4 nitrogen and oxygen atoms in total. The maximum Gasteiger partial charge on any atom is 0.416 e. The molecule has 3 aromatic rings. The molecule has 2 heterocycles. The largest absolute Gasteiger partial charge is 0.416 e.